The number of benzene rings is 1. The molecule has 1 unspecified atom stereocenters. The second-order valence-electron chi connectivity index (χ2n) is 2.68. The molecule has 0 aliphatic carbocycles. The van der Waals surface area contributed by atoms with Gasteiger partial charge in [-0.15, -0.1) is 9.24 Å². The maximum atomic E-state index is 2.42. The third-order valence-electron chi connectivity index (χ3n) is 1.60. The van der Waals surface area contributed by atoms with E-state index in [1.807, 2.05) is 20.5 Å². The van der Waals surface area contributed by atoms with E-state index in [0.29, 0.717) is 0 Å². The van der Waals surface area contributed by atoms with Gasteiger partial charge in [0, 0.05) is 19.8 Å². The van der Waals surface area contributed by atoms with Gasteiger partial charge in [0.25, 0.3) is 0 Å². The van der Waals surface area contributed by atoms with Crippen LogP contribution in [0.4, 0.5) is 5.69 Å². The van der Waals surface area contributed by atoms with E-state index in [-0.39, 0.29) is 0 Å². The molecule has 0 radical (unpaired) electrons. The van der Waals surface area contributed by atoms with E-state index in [2.05, 4.69) is 59.4 Å². The first-order chi connectivity index (χ1) is 6.72. The lowest BCUT2D eigenvalue weighted by Gasteiger charge is -2.14. The van der Waals surface area contributed by atoms with Gasteiger partial charge in [0.15, 0.2) is 0 Å². The Bertz CT molecular complexity index is 221. The van der Waals surface area contributed by atoms with Crippen molar-refractivity contribution in [3.8, 4) is 0 Å². The molecule has 1 nitrogen and oxygen atoms in total. The Morgan fingerprint density at radius 3 is 1.71 bits per heavy atom. The van der Waals surface area contributed by atoms with E-state index in [4.69, 9.17) is 0 Å². The number of nitrogens with zero attached hydrogens (tertiary/aromatic N) is 1. The molecule has 14 heavy (non-hydrogen) atoms. The highest BCUT2D eigenvalue weighted by Crippen LogP contribution is 2.15. The van der Waals surface area contributed by atoms with E-state index in [9.17, 15) is 0 Å². The number of hydrogen-bond donors (Lipinski definition) is 0. The summed E-state index contributed by atoms with van der Waals surface area (Å²) in [6.45, 7) is 8.04. The fraction of sp³-hybridized carbons (Fsp3) is 0.500. The van der Waals surface area contributed by atoms with Gasteiger partial charge in [-0.2, -0.15) is 0 Å². The number of hydrogen-bond acceptors (Lipinski definition) is 1. The number of para-hydroxylation sites is 1. The SMILES string of the molecule is CC.CP.Cc1ccccc1N(C)C. The van der Waals surface area contributed by atoms with Crippen LogP contribution < -0.4 is 4.90 Å². The molecule has 0 amide bonds. The lowest BCUT2D eigenvalue weighted by molar-refractivity contribution is 1.11. The Balaban J connectivity index is 0. The van der Waals surface area contributed by atoms with Gasteiger partial charge < -0.3 is 4.90 Å². The van der Waals surface area contributed by atoms with Crippen molar-refractivity contribution in [2.45, 2.75) is 20.8 Å². The summed E-state index contributed by atoms with van der Waals surface area (Å²) in [5.41, 5.74) is 2.62. The van der Waals surface area contributed by atoms with E-state index in [1.54, 1.807) is 0 Å². The van der Waals surface area contributed by atoms with Crippen molar-refractivity contribution in [2.24, 2.45) is 0 Å². The second kappa shape index (κ2) is 10.5. The molecular weight excluding hydrogens is 189 g/mol. The quantitative estimate of drug-likeness (QED) is 0.644. The Labute approximate surface area is 91.7 Å². The van der Waals surface area contributed by atoms with Crippen LogP contribution in [0.3, 0.4) is 0 Å². The first-order valence-electron chi connectivity index (χ1n) is 5.02. The molecule has 2 heteroatoms. The van der Waals surface area contributed by atoms with Crippen molar-refractivity contribution < 1.29 is 0 Å². The average molecular weight is 213 g/mol. The Kier molecular flexibility index (Phi) is 12.0. The monoisotopic (exact) mass is 213 g/mol. The molecule has 82 valence electrons. The van der Waals surface area contributed by atoms with Crippen molar-refractivity contribution in [1.29, 1.82) is 0 Å². The number of rotatable bonds is 1. The maximum Gasteiger partial charge on any atom is 0.0390 e. The van der Waals surface area contributed by atoms with Crippen molar-refractivity contribution >= 4 is 14.9 Å². The van der Waals surface area contributed by atoms with Crippen molar-refractivity contribution in [3.63, 3.8) is 0 Å². The molecule has 0 spiro atoms. The van der Waals surface area contributed by atoms with E-state index >= 15 is 0 Å². The van der Waals surface area contributed by atoms with E-state index in [0.717, 1.165) is 0 Å². The van der Waals surface area contributed by atoms with E-state index < -0.39 is 0 Å². The molecular formula is C12H24NP. The van der Waals surface area contributed by atoms with Crippen LogP contribution in [0.2, 0.25) is 0 Å². The van der Waals surface area contributed by atoms with Crippen molar-refractivity contribution in [3.05, 3.63) is 29.8 Å². The fourth-order valence-electron chi connectivity index (χ4n) is 1.07. The van der Waals surface area contributed by atoms with Crippen LogP contribution in [-0.2, 0) is 0 Å². The van der Waals surface area contributed by atoms with Gasteiger partial charge in [-0.1, -0.05) is 38.7 Å². The van der Waals surface area contributed by atoms with Gasteiger partial charge in [-0.25, -0.2) is 0 Å². The molecule has 0 aliphatic rings. The van der Waals surface area contributed by atoms with Crippen molar-refractivity contribution in [1.82, 2.24) is 0 Å². The summed E-state index contributed by atoms with van der Waals surface area (Å²) < 4.78 is 0. The summed E-state index contributed by atoms with van der Waals surface area (Å²) in [4.78, 5) is 2.12. The lowest BCUT2D eigenvalue weighted by atomic mass is 10.2. The van der Waals surface area contributed by atoms with Crippen LogP contribution >= 0.6 is 9.24 Å². The van der Waals surface area contributed by atoms with Gasteiger partial charge in [-0.3, -0.25) is 0 Å². The smallest absolute Gasteiger partial charge is 0.0390 e. The zero-order chi connectivity index (χ0) is 11.6. The maximum absolute atomic E-state index is 2.42. The van der Waals surface area contributed by atoms with Crippen LogP contribution in [0.25, 0.3) is 0 Å². The number of anilines is 1. The largest absolute Gasteiger partial charge is 0.377 e. The molecule has 0 aliphatic heterocycles. The van der Waals surface area contributed by atoms with Gasteiger partial charge in [0.2, 0.25) is 0 Å². The molecule has 1 aromatic carbocycles. The van der Waals surface area contributed by atoms with Crippen LogP contribution in [0.15, 0.2) is 24.3 Å². The Morgan fingerprint density at radius 2 is 1.43 bits per heavy atom. The van der Waals surface area contributed by atoms with Crippen LogP contribution in [0, 0.1) is 6.92 Å². The van der Waals surface area contributed by atoms with Gasteiger partial charge >= 0.3 is 0 Å². The van der Waals surface area contributed by atoms with Crippen LogP contribution in [-0.4, -0.2) is 20.8 Å². The first-order valence-corrected chi connectivity index (χ1v) is 6.18. The van der Waals surface area contributed by atoms with Crippen LogP contribution in [0.1, 0.15) is 19.4 Å². The molecule has 0 saturated carbocycles. The highest BCUT2D eigenvalue weighted by molar-refractivity contribution is 7.15. The third kappa shape index (κ3) is 5.99. The second-order valence-corrected chi connectivity index (χ2v) is 2.68. The lowest BCUT2D eigenvalue weighted by Crippen LogP contribution is -2.09. The van der Waals surface area contributed by atoms with E-state index in [1.165, 1.54) is 11.3 Å². The summed E-state index contributed by atoms with van der Waals surface area (Å²) in [6.07, 6.45) is 0. The molecule has 1 atom stereocenters. The summed E-state index contributed by atoms with van der Waals surface area (Å²) in [5.74, 6) is 0. The minimum atomic E-state index is 1.29. The highest BCUT2D eigenvalue weighted by atomic mass is 31.0. The molecule has 0 heterocycles. The molecule has 0 bridgehead atoms. The standard InChI is InChI=1S/C9H13N.C2H6.CH5P/c1-8-6-4-5-7-9(8)10(2)3;2*1-2/h4-7H,1-3H3;1-2H3;2H2,1H3. The summed E-state index contributed by atoms with van der Waals surface area (Å²) >= 11 is 0. The summed E-state index contributed by atoms with van der Waals surface area (Å²) in [6, 6.07) is 8.36. The predicted molar refractivity (Wildman–Crippen MR) is 72.5 cm³/mol. The van der Waals surface area contributed by atoms with Gasteiger partial charge in [0.05, 0.1) is 0 Å². The normalized spacial score (nSPS) is 7.64. The van der Waals surface area contributed by atoms with Gasteiger partial charge in [-0.05, 0) is 18.6 Å². The highest BCUT2D eigenvalue weighted by Gasteiger charge is 1.95. The molecule has 1 rings (SSSR count). The third-order valence-corrected chi connectivity index (χ3v) is 1.60. The first kappa shape index (κ1) is 15.9. The number of aryl methyl sites for hydroxylation is 1. The molecule has 1 aromatic rings. The summed E-state index contributed by atoms with van der Waals surface area (Å²) in [5, 5.41) is 0. The molecule has 0 saturated heterocycles. The zero-order valence-electron chi connectivity index (χ0n) is 10.3. The molecule has 0 fully saturated rings. The van der Waals surface area contributed by atoms with Crippen LogP contribution in [0.5, 0.6) is 0 Å². The summed E-state index contributed by atoms with van der Waals surface area (Å²) in [7, 11) is 6.53. The van der Waals surface area contributed by atoms with Crippen molar-refractivity contribution in [2.75, 3.05) is 25.7 Å². The molecule has 0 N–H and O–H groups in total. The minimum Gasteiger partial charge on any atom is -0.377 e. The Hall–Kier alpha value is -0.550. The molecule has 0 aromatic heterocycles. The topological polar surface area (TPSA) is 3.24 Å². The van der Waals surface area contributed by atoms with Gasteiger partial charge in [0.1, 0.15) is 0 Å². The predicted octanol–water partition coefficient (Wildman–Crippen LogP) is 3.58. The minimum absolute atomic E-state index is 1.29. The zero-order valence-corrected chi connectivity index (χ0v) is 11.5. The average Bonchev–Trinajstić information content (AvgIpc) is 2.24. The fourth-order valence-corrected chi connectivity index (χ4v) is 1.07. The Morgan fingerprint density at radius 1 is 1.00 bits per heavy atom.